The summed E-state index contributed by atoms with van der Waals surface area (Å²) in [6.45, 7) is 0. The predicted octanol–water partition coefficient (Wildman–Crippen LogP) is 15.8. The van der Waals surface area contributed by atoms with Gasteiger partial charge in [-0.1, -0.05) is 182 Å². The average molecular weight is 769 g/mol. The van der Waals surface area contributed by atoms with E-state index in [4.69, 9.17) is 0 Å². The predicted molar refractivity (Wildman–Crippen MR) is 252 cm³/mol. The molecule has 9 aromatic carbocycles. The third-order valence-electron chi connectivity index (χ3n) is 11.9. The zero-order valence-electron chi connectivity index (χ0n) is 32.1. The van der Waals surface area contributed by atoms with Crippen LogP contribution in [0.25, 0.3) is 109 Å². The first kappa shape index (κ1) is 33.7. The Bertz CT molecular complexity index is 3500. The number of rotatable bonds is 6. The topological polar surface area (TPSA) is 9.86 Å². The number of fused-ring (bicyclic) bond motifs is 8. The highest BCUT2D eigenvalue weighted by molar-refractivity contribution is 7.26. The summed E-state index contributed by atoms with van der Waals surface area (Å²) < 4.78 is 7.56. The molecule has 12 aromatic rings. The van der Waals surface area contributed by atoms with Gasteiger partial charge in [0, 0.05) is 47.7 Å². The van der Waals surface area contributed by atoms with Crippen molar-refractivity contribution in [2.75, 3.05) is 0 Å². The van der Waals surface area contributed by atoms with Gasteiger partial charge in [0.1, 0.15) is 0 Å². The Kier molecular flexibility index (Phi) is 7.75. The number of hydrogen-bond donors (Lipinski definition) is 0. The van der Waals surface area contributed by atoms with Crippen LogP contribution in [-0.4, -0.2) is 9.13 Å². The Hall–Kier alpha value is -7.46. The van der Waals surface area contributed by atoms with Gasteiger partial charge in [-0.2, -0.15) is 0 Å². The van der Waals surface area contributed by atoms with Crippen LogP contribution < -0.4 is 0 Å². The number of nitrogens with zero attached hydrogens (tertiary/aromatic N) is 2. The van der Waals surface area contributed by atoms with E-state index in [-0.39, 0.29) is 0 Å². The van der Waals surface area contributed by atoms with Gasteiger partial charge in [-0.15, -0.1) is 11.3 Å². The third kappa shape index (κ3) is 5.40. The molecule has 0 amide bonds. The number of para-hydroxylation sites is 2. The zero-order chi connectivity index (χ0) is 38.9. The molecule has 0 aliphatic heterocycles. The first-order chi connectivity index (χ1) is 29.3. The molecule has 276 valence electrons. The third-order valence-corrected chi connectivity index (χ3v) is 13.2. The van der Waals surface area contributed by atoms with Crippen molar-refractivity contribution in [1.82, 2.24) is 9.13 Å². The highest BCUT2D eigenvalue weighted by Gasteiger charge is 2.21. The van der Waals surface area contributed by atoms with E-state index < -0.39 is 0 Å². The van der Waals surface area contributed by atoms with E-state index in [9.17, 15) is 0 Å². The van der Waals surface area contributed by atoms with E-state index >= 15 is 0 Å². The van der Waals surface area contributed by atoms with E-state index in [0.717, 1.165) is 11.4 Å². The number of benzene rings is 9. The van der Waals surface area contributed by atoms with E-state index in [2.05, 4.69) is 228 Å². The second kappa shape index (κ2) is 13.6. The molecule has 0 aliphatic rings. The van der Waals surface area contributed by atoms with Gasteiger partial charge in [0.15, 0.2) is 0 Å². The minimum absolute atomic E-state index is 1.14. The normalized spacial score (nSPS) is 11.7. The van der Waals surface area contributed by atoms with Crippen molar-refractivity contribution in [3.63, 3.8) is 0 Å². The SMILES string of the molecule is c1ccc(-c2ccc(-c3cccc4c3sc3c(-c5ccc(-n6c7ccccc7c7ccc8cc(-c9ccccc9)n(-c9ccccc9)c8c76)cc5)cccc34)cc2)cc1. The van der Waals surface area contributed by atoms with Crippen molar-refractivity contribution in [2.45, 2.75) is 0 Å². The van der Waals surface area contributed by atoms with E-state index in [0.29, 0.717) is 0 Å². The van der Waals surface area contributed by atoms with Gasteiger partial charge in [-0.05, 0) is 75.3 Å². The van der Waals surface area contributed by atoms with Crippen molar-refractivity contribution in [3.05, 3.63) is 218 Å². The maximum atomic E-state index is 2.47. The fraction of sp³-hybridized carbons (Fsp3) is 0. The molecule has 3 heteroatoms. The maximum Gasteiger partial charge on any atom is 0.0788 e. The first-order valence-corrected chi connectivity index (χ1v) is 21.0. The molecule has 0 fully saturated rings. The van der Waals surface area contributed by atoms with Gasteiger partial charge < -0.3 is 9.13 Å². The summed E-state index contributed by atoms with van der Waals surface area (Å²) in [4.78, 5) is 0. The molecule has 2 nitrogen and oxygen atoms in total. The molecule has 0 radical (unpaired) electrons. The molecular formula is C56H36N2S. The lowest BCUT2D eigenvalue weighted by molar-refractivity contribution is 1.12. The van der Waals surface area contributed by atoms with E-state index in [1.54, 1.807) is 0 Å². The van der Waals surface area contributed by atoms with Crippen molar-refractivity contribution < 1.29 is 0 Å². The Morgan fingerprint density at radius 3 is 1.47 bits per heavy atom. The molecule has 3 aromatic heterocycles. The second-order valence-corrected chi connectivity index (χ2v) is 16.3. The summed E-state index contributed by atoms with van der Waals surface area (Å²) in [6.07, 6.45) is 0. The first-order valence-electron chi connectivity index (χ1n) is 20.2. The average Bonchev–Trinajstić information content (AvgIpc) is 4.00. The van der Waals surface area contributed by atoms with Crippen molar-refractivity contribution in [3.8, 4) is 56.0 Å². The number of thiophene rings is 1. The van der Waals surface area contributed by atoms with Crippen LogP contribution in [0.15, 0.2) is 218 Å². The Morgan fingerprint density at radius 2 is 0.814 bits per heavy atom. The van der Waals surface area contributed by atoms with Gasteiger partial charge in [-0.25, -0.2) is 0 Å². The molecule has 12 rings (SSSR count). The van der Waals surface area contributed by atoms with Crippen LogP contribution >= 0.6 is 11.3 Å². The summed E-state index contributed by atoms with van der Waals surface area (Å²) in [5.41, 5.74) is 15.7. The minimum Gasteiger partial charge on any atom is -0.307 e. The van der Waals surface area contributed by atoms with Crippen molar-refractivity contribution >= 4 is 64.2 Å². The molecule has 0 saturated carbocycles. The Balaban J connectivity index is 1.01. The van der Waals surface area contributed by atoms with Crippen LogP contribution in [-0.2, 0) is 0 Å². The lowest BCUT2D eigenvalue weighted by Crippen LogP contribution is -2.00. The molecule has 0 atom stereocenters. The molecular weight excluding hydrogens is 733 g/mol. The lowest BCUT2D eigenvalue weighted by atomic mass is 9.98. The summed E-state index contributed by atoms with van der Waals surface area (Å²) in [6, 6.07) is 79.7. The molecule has 0 unspecified atom stereocenters. The van der Waals surface area contributed by atoms with Gasteiger partial charge in [0.05, 0.1) is 22.2 Å². The second-order valence-electron chi connectivity index (χ2n) is 15.3. The molecule has 0 bridgehead atoms. The summed E-state index contributed by atoms with van der Waals surface area (Å²) in [5.74, 6) is 0. The van der Waals surface area contributed by atoms with Crippen LogP contribution in [0.3, 0.4) is 0 Å². The molecule has 0 spiro atoms. The van der Waals surface area contributed by atoms with Crippen LogP contribution in [0.1, 0.15) is 0 Å². The van der Waals surface area contributed by atoms with Crippen LogP contribution in [0, 0.1) is 0 Å². The highest BCUT2D eigenvalue weighted by Crippen LogP contribution is 2.45. The van der Waals surface area contributed by atoms with Crippen LogP contribution in [0.2, 0.25) is 0 Å². The zero-order valence-corrected chi connectivity index (χ0v) is 32.9. The molecule has 0 N–H and O–H groups in total. The maximum absolute atomic E-state index is 2.47. The van der Waals surface area contributed by atoms with Gasteiger partial charge >= 0.3 is 0 Å². The summed E-state index contributed by atoms with van der Waals surface area (Å²) >= 11 is 1.90. The van der Waals surface area contributed by atoms with Gasteiger partial charge in [-0.3, -0.25) is 0 Å². The highest BCUT2D eigenvalue weighted by atomic mass is 32.1. The fourth-order valence-corrected chi connectivity index (χ4v) is 10.6. The smallest absolute Gasteiger partial charge is 0.0788 e. The van der Waals surface area contributed by atoms with Crippen molar-refractivity contribution in [2.24, 2.45) is 0 Å². The summed E-state index contributed by atoms with van der Waals surface area (Å²) in [5, 5.41) is 6.31. The fourth-order valence-electron chi connectivity index (χ4n) is 9.21. The molecule has 0 saturated heterocycles. The van der Waals surface area contributed by atoms with Gasteiger partial charge in [0.25, 0.3) is 0 Å². The quantitative estimate of drug-likeness (QED) is 0.159. The number of aromatic nitrogens is 2. The van der Waals surface area contributed by atoms with Crippen LogP contribution in [0.5, 0.6) is 0 Å². The van der Waals surface area contributed by atoms with E-state index in [1.807, 2.05) is 11.3 Å². The monoisotopic (exact) mass is 768 g/mol. The Morgan fingerprint density at radius 1 is 0.305 bits per heavy atom. The lowest BCUT2D eigenvalue weighted by Gasteiger charge is -2.15. The molecule has 0 aliphatic carbocycles. The van der Waals surface area contributed by atoms with E-state index in [1.165, 1.54) is 97.5 Å². The number of hydrogen-bond acceptors (Lipinski definition) is 1. The summed E-state index contributed by atoms with van der Waals surface area (Å²) in [7, 11) is 0. The molecule has 59 heavy (non-hydrogen) atoms. The van der Waals surface area contributed by atoms with Gasteiger partial charge in [0.2, 0.25) is 0 Å². The Labute approximate surface area is 346 Å². The minimum atomic E-state index is 1.14. The van der Waals surface area contributed by atoms with Crippen molar-refractivity contribution in [1.29, 1.82) is 0 Å². The van der Waals surface area contributed by atoms with Crippen LogP contribution in [0.4, 0.5) is 0 Å². The standard InChI is InChI=1S/C56H36N2S/c1-4-14-37(15-5-1)38-26-28-39(29-27-38)45-21-12-23-49-50-24-13-22-46(56(50)59-55(45)49)40-30-33-44(34-31-40)57-51-25-11-10-20-47(51)48-35-32-42-36-52(41-16-6-2-7-17-41)58(53(42)54(48)57)43-18-8-3-9-19-43/h1-36H. The largest absolute Gasteiger partial charge is 0.307 e. The molecule has 3 heterocycles.